The fourth-order valence-electron chi connectivity index (χ4n) is 6.41. The number of hydrogen-bond acceptors (Lipinski definition) is 12. The molecular weight excluding hydrogens is 534 g/mol. The number of aliphatic hydroxyl groups is 4. The number of ether oxygens (including phenoxy) is 3. The molecule has 238 valence electrons. The summed E-state index contributed by atoms with van der Waals surface area (Å²) in [5.74, 6) is -0.115. The Morgan fingerprint density at radius 1 is 1.22 bits per heavy atom. The zero-order valence-electron chi connectivity index (χ0n) is 24.9. The van der Waals surface area contributed by atoms with E-state index in [1.54, 1.807) is 14.0 Å². The highest BCUT2D eigenvalue weighted by Gasteiger charge is 2.53. The van der Waals surface area contributed by atoms with Gasteiger partial charge in [-0.2, -0.15) is 0 Å². The Morgan fingerprint density at radius 3 is 2.61 bits per heavy atom. The van der Waals surface area contributed by atoms with Gasteiger partial charge in [-0.15, -0.1) is 0 Å². The minimum absolute atomic E-state index is 0.0817. The van der Waals surface area contributed by atoms with Crippen molar-refractivity contribution in [3.8, 4) is 0 Å². The Morgan fingerprint density at radius 2 is 1.95 bits per heavy atom. The van der Waals surface area contributed by atoms with Crippen molar-refractivity contribution in [3.63, 3.8) is 0 Å². The second-order valence-electron chi connectivity index (χ2n) is 12.2. The van der Waals surface area contributed by atoms with Crippen LogP contribution in [0.1, 0.15) is 46.5 Å². The monoisotopic (exact) mass is 587 g/mol. The average Bonchev–Trinajstić information content (AvgIpc) is 2.91. The van der Waals surface area contributed by atoms with Crippen LogP contribution in [0.2, 0.25) is 0 Å². The van der Waals surface area contributed by atoms with Gasteiger partial charge in [-0.25, -0.2) is 0 Å². The van der Waals surface area contributed by atoms with Crippen molar-refractivity contribution in [2.45, 2.75) is 101 Å². The van der Waals surface area contributed by atoms with Crippen LogP contribution in [-0.2, 0) is 19.0 Å². The SMILES string of the molecule is CNC1C(O)C(OC2C(NC(=O)C(O)CCN)CC(C)C(C3OC(CNCCCN)=CCC3C)C2O)OCC1(C)O. The van der Waals surface area contributed by atoms with E-state index in [1.807, 2.05) is 6.92 Å². The van der Waals surface area contributed by atoms with Crippen molar-refractivity contribution in [3.05, 3.63) is 11.8 Å². The third-order valence-corrected chi connectivity index (χ3v) is 8.72. The maximum Gasteiger partial charge on any atom is 0.249 e. The maximum absolute atomic E-state index is 12.8. The van der Waals surface area contributed by atoms with E-state index >= 15 is 0 Å². The zero-order chi connectivity index (χ0) is 30.3. The van der Waals surface area contributed by atoms with Crippen LogP contribution in [0.15, 0.2) is 11.8 Å². The van der Waals surface area contributed by atoms with Crippen LogP contribution in [0.25, 0.3) is 0 Å². The topological polar surface area (TPSA) is 214 Å². The molecule has 0 spiro atoms. The standard InChI is InChI=1S/C28H53N5O8/c1-15-6-7-17(13-32-11-5-9-29)40-23(15)20-16(2)12-18(33-26(37)19(34)8-10-30)24(21(20)35)41-27-22(36)25(31-4)28(3,38)14-39-27/h7,15-16,18-25,27,31-32,34-36,38H,5-6,8-14,29-30H2,1-4H3,(H,33,37). The lowest BCUT2D eigenvalue weighted by molar-refractivity contribution is -0.299. The molecule has 13 heteroatoms. The van der Waals surface area contributed by atoms with Crippen molar-refractivity contribution in [1.29, 1.82) is 0 Å². The Bertz CT molecular complexity index is 863. The second-order valence-corrected chi connectivity index (χ2v) is 12.2. The van der Waals surface area contributed by atoms with Gasteiger partial charge < -0.3 is 62.1 Å². The molecule has 3 aliphatic rings. The number of amides is 1. The lowest BCUT2D eigenvalue weighted by Crippen LogP contribution is -2.67. The highest BCUT2D eigenvalue weighted by molar-refractivity contribution is 5.80. The molecule has 2 fully saturated rings. The number of carbonyl (C=O) groups excluding carboxylic acids is 1. The first-order valence-corrected chi connectivity index (χ1v) is 14.9. The summed E-state index contributed by atoms with van der Waals surface area (Å²) in [4.78, 5) is 12.8. The first-order valence-electron chi connectivity index (χ1n) is 14.9. The summed E-state index contributed by atoms with van der Waals surface area (Å²) in [5, 5.41) is 52.9. The smallest absolute Gasteiger partial charge is 0.249 e. The van der Waals surface area contributed by atoms with E-state index in [-0.39, 0.29) is 43.4 Å². The number of hydrogen-bond donors (Lipinski definition) is 9. The summed E-state index contributed by atoms with van der Waals surface area (Å²) >= 11 is 0. The van der Waals surface area contributed by atoms with Gasteiger partial charge in [0.05, 0.1) is 31.3 Å². The number of likely N-dealkylation sites (N-methyl/N-ethyl adjacent to an activating group) is 1. The largest absolute Gasteiger partial charge is 0.493 e. The van der Waals surface area contributed by atoms with E-state index in [2.05, 4.69) is 29.0 Å². The molecule has 11 N–H and O–H groups in total. The van der Waals surface area contributed by atoms with Crippen LogP contribution < -0.4 is 27.4 Å². The first kappa shape index (κ1) is 34.1. The first-order chi connectivity index (χ1) is 19.4. The van der Waals surface area contributed by atoms with Crippen molar-refractivity contribution in [2.24, 2.45) is 29.2 Å². The minimum Gasteiger partial charge on any atom is -0.493 e. The summed E-state index contributed by atoms with van der Waals surface area (Å²) in [7, 11) is 1.62. The number of nitrogens with two attached hydrogens (primary N) is 2. The predicted octanol–water partition coefficient (Wildman–Crippen LogP) is -2.11. The molecular formula is C28H53N5O8. The van der Waals surface area contributed by atoms with E-state index in [0.29, 0.717) is 19.5 Å². The quantitative estimate of drug-likeness (QED) is 0.106. The Labute approximate surface area is 243 Å². The van der Waals surface area contributed by atoms with E-state index in [9.17, 15) is 25.2 Å². The molecule has 0 aromatic carbocycles. The number of rotatable bonds is 13. The highest BCUT2D eigenvalue weighted by atomic mass is 16.7. The minimum atomic E-state index is -1.34. The fraction of sp³-hybridized carbons (Fsp3) is 0.893. The number of carbonyl (C=O) groups is 1. The van der Waals surface area contributed by atoms with Crippen LogP contribution in [0.3, 0.4) is 0 Å². The predicted molar refractivity (Wildman–Crippen MR) is 152 cm³/mol. The molecule has 41 heavy (non-hydrogen) atoms. The molecule has 1 amide bonds. The number of aliphatic hydroxyl groups excluding tert-OH is 3. The summed E-state index contributed by atoms with van der Waals surface area (Å²) in [5.41, 5.74) is 9.78. The molecule has 12 unspecified atom stereocenters. The summed E-state index contributed by atoms with van der Waals surface area (Å²) in [6.45, 7) is 7.62. The van der Waals surface area contributed by atoms with Gasteiger partial charge in [-0.1, -0.05) is 13.8 Å². The molecule has 1 saturated carbocycles. The van der Waals surface area contributed by atoms with Gasteiger partial charge in [-0.05, 0) is 77.2 Å². The number of allylic oxidation sites excluding steroid dienone is 1. The van der Waals surface area contributed by atoms with E-state index in [4.69, 9.17) is 25.7 Å². The third kappa shape index (κ3) is 8.37. The van der Waals surface area contributed by atoms with Crippen molar-refractivity contribution < 1.29 is 39.4 Å². The van der Waals surface area contributed by atoms with Gasteiger partial charge in [0.25, 0.3) is 0 Å². The normalized spacial score (nSPS) is 40.4. The van der Waals surface area contributed by atoms with Gasteiger partial charge in [0, 0.05) is 5.92 Å². The van der Waals surface area contributed by atoms with E-state index in [0.717, 1.165) is 25.1 Å². The second kappa shape index (κ2) is 15.4. The van der Waals surface area contributed by atoms with Gasteiger partial charge >= 0.3 is 0 Å². The van der Waals surface area contributed by atoms with Crippen molar-refractivity contribution in [2.75, 3.05) is 39.8 Å². The van der Waals surface area contributed by atoms with Gasteiger partial charge in [0.15, 0.2) is 6.29 Å². The summed E-state index contributed by atoms with van der Waals surface area (Å²) in [6.07, 6.45) is -1.89. The molecule has 0 radical (unpaired) electrons. The van der Waals surface area contributed by atoms with Crippen LogP contribution in [0, 0.1) is 17.8 Å². The molecule has 12 atom stereocenters. The zero-order valence-corrected chi connectivity index (χ0v) is 24.9. The molecule has 1 aliphatic carbocycles. The van der Waals surface area contributed by atoms with Gasteiger partial charge in [0.2, 0.25) is 5.91 Å². The average molecular weight is 588 g/mol. The Hall–Kier alpha value is -1.39. The summed E-state index contributed by atoms with van der Waals surface area (Å²) in [6, 6.07) is -1.44. The molecule has 1 saturated heterocycles. The lowest BCUT2D eigenvalue weighted by atomic mass is 9.68. The van der Waals surface area contributed by atoms with Gasteiger partial charge in [0.1, 0.15) is 35.8 Å². The summed E-state index contributed by atoms with van der Waals surface area (Å²) < 4.78 is 18.5. The lowest BCUT2D eigenvalue weighted by Gasteiger charge is -2.51. The molecule has 0 aromatic heterocycles. The van der Waals surface area contributed by atoms with Gasteiger partial charge in [-0.3, -0.25) is 4.79 Å². The van der Waals surface area contributed by atoms with Crippen LogP contribution >= 0.6 is 0 Å². The fourth-order valence-corrected chi connectivity index (χ4v) is 6.41. The molecule has 2 heterocycles. The Kier molecular flexibility index (Phi) is 12.8. The van der Waals surface area contributed by atoms with Crippen molar-refractivity contribution in [1.82, 2.24) is 16.0 Å². The molecule has 3 rings (SSSR count). The van der Waals surface area contributed by atoms with Crippen LogP contribution in [0.5, 0.6) is 0 Å². The third-order valence-electron chi connectivity index (χ3n) is 8.72. The maximum atomic E-state index is 12.8. The van der Waals surface area contributed by atoms with E-state index in [1.165, 1.54) is 0 Å². The van der Waals surface area contributed by atoms with Crippen molar-refractivity contribution >= 4 is 5.91 Å². The highest BCUT2D eigenvalue weighted by Crippen LogP contribution is 2.41. The Balaban J connectivity index is 1.83. The molecule has 0 aromatic rings. The van der Waals surface area contributed by atoms with Crippen LogP contribution in [-0.4, -0.2) is 121 Å². The molecule has 13 nitrogen and oxygen atoms in total. The number of nitrogens with one attached hydrogen (secondary N) is 3. The molecule has 0 bridgehead atoms. The molecule has 2 aliphatic heterocycles. The van der Waals surface area contributed by atoms with E-state index < -0.39 is 54.3 Å². The van der Waals surface area contributed by atoms with Crippen LogP contribution in [0.4, 0.5) is 0 Å².